The molecule has 26 heavy (non-hydrogen) atoms. The Morgan fingerprint density at radius 1 is 1.31 bits per heavy atom. The summed E-state index contributed by atoms with van der Waals surface area (Å²) in [4.78, 5) is 7.24. The van der Waals surface area contributed by atoms with Crippen molar-refractivity contribution in [2.75, 3.05) is 19.6 Å². The number of aromatic nitrogens is 3. The van der Waals surface area contributed by atoms with Gasteiger partial charge >= 0.3 is 0 Å². The molecule has 1 saturated heterocycles. The fourth-order valence-electron chi connectivity index (χ4n) is 3.26. The van der Waals surface area contributed by atoms with Crippen molar-refractivity contribution >= 4 is 35.6 Å². The Bertz CT molecular complexity index is 727. The van der Waals surface area contributed by atoms with Crippen LogP contribution in [0.25, 0.3) is 5.65 Å². The van der Waals surface area contributed by atoms with Gasteiger partial charge in [-0.2, -0.15) is 0 Å². The molecule has 1 fully saturated rings. The van der Waals surface area contributed by atoms with Crippen molar-refractivity contribution in [2.24, 2.45) is 10.9 Å². The lowest BCUT2D eigenvalue weighted by Crippen LogP contribution is -2.46. The number of halogens is 1. The topological polar surface area (TPSA) is 69.8 Å². The SMILES string of the molecule is CCNC(=NCc1nnc2ccccn12)NC1CN(C(C)C)CC1C.I. The zero-order chi connectivity index (χ0) is 17.8. The van der Waals surface area contributed by atoms with Crippen LogP contribution in [0.4, 0.5) is 0 Å². The summed E-state index contributed by atoms with van der Waals surface area (Å²) in [6, 6.07) is 6.88. The summed E-state index contributed by atoms with van der Waals surface area (Å²) in [7, 11) is 0. The first-order chi connectivity index (χ1) is 12.1. The predicted octanol–water partition coefficient (Wildman–Crippen LogP) is 2.13. The maximum atomic E-state index is 4.73. The molecule has 144 valence electrons. The maximum absolute atomic E-state index is 4.73. The molecule has 0 aliphatic carbocycles. The Balaban J connectivity index is 0.00000243. The number of hydrogen-bond donors (Lipinski definition) is 2. The van der Waals surface area contributed by atoms with Crippen LogP contribution in [0.1, 0.15) is 33.5 Å². The predicted molar refractivity (Wildman–Crippen MR) is 116 cm³/mol. The third-order valence-electron chi connectivity index (χ3n) is 4.80. The van der Waals surface area contributed by atoms with E-state index in [1.54, 1.807) is 0 Å². The van der Waals surface area contributed by atoms with Crippen LogP contribution in [0.15, 0.2) is 29.4 Å². The van der Waals surface area contributed by atoms with E-state index in [4.69, 9.17) is 4.99 Å². The fourth-order valence-corrected chi connectivity index (χ4v) is 3.26. The first-order valence-corrected chi connectivity index (χ1v) is 9.16. The van der Waals surface area contributed by atoms with Gasteiger partial charge in [0.15, 0.2) is 17.4 Å². The second-order valence-corrected chi connectivity index (χ2v) is 7.02. The highest BCUT2D eigenvalue weighted by atomic mass is 127. The van der Waals surface area contributed by atoms with Gasteiger partial charge in [0.25, 0.3) is 0 Å². The van der Waals surface area contributed by atoms with Crippen molar-refractivity contribution < 1.29 is 0 Å². The molecule has 2 N–H and O–H groups in total. The lowest BCUT2D eigenvalue weighted by Gasteiger charge is -2.21. The van der Waals surface area contributed by atoms with Gasteiger partial charge in [0.1, 0.15) is 6.54 Å². The summed E-state index contributed by atoms with van der Waals surface area (Å²) in [6.07, 6.45) is 1.97. The molecule has 7 nitrogen and oxygen atoms in total. The van der Waals surface area contributed by atoms with Gasteiger partial charge in [0.2, 0.25) is 0 Å². The molecule has 0 amide bonds. The van der Waals surface area contributed by atoms with E-state index in [1.165, 1.54) is 0 Å². The van der Waals surface area contributed by atoms with Crippen molar-refractivity contribution in [2.45, 2.75) is 46.3 Å². The molecule has 2 aromatic heterocycles. The highest BCUT2D eigenvalue weighted by Gasteiger charge is 2.31. The Morgan fingerprint density at radius 3 is 2.81 bits per heavy atom. The Hall–Kier alpha value is -1.42. The molecular formula is C18H30IN7. The van der Waals surface area contributed by atoms with Gasteiger partial charge in [-0.25, -0.2) is 4.99 Å². The second kappa shape index (κ2) is 9.50. The standard InChI is InChI=1S/C18H29N7.HI/c1-5-19-18(21-15-12-24(13(2)3)11-14(15)4)20-10-17-23-22-16-8-6-7-9-25(16)17;/h6-9,13-15H,5,10-12H2,1-4H3,(H2,19,20,21);1H. The molecule has 2 unspecified atom stereocenters. The van der Waals surface area contributed by atoms with Crippen molar-refractivity contribution in [1.29, 1.82) is 0 Å². The van der Waals surface area contributed by atoms with Crippen LogP contribution in [0, 0.1) is 5.92 Å². The smallest absolute Gasteiger partial charge is 0.191 e. The van der Waals surface area contributed by atoms with Crippen molar-refractivity contribution in [3.05, 3.63) is 30.2 Å². The van der Waals surface area contributed by atoms with Crippen LogP contribution in [0.5, 0.6) is 0 Å². The zero-order valence-corrected chi connectivity index (χ0v) is 18.3. The van der Waals surface area contributed by atoms with Crippen molar-refractivity contribution in [3.8, 4) is 0 Å². The summed E-state index contributed by atoms with van der Waals surface area (Å²) >= 11 is 0. The average Bonchev–Trinajstić information content (AvgIpc) is 3.17. The number of fused-ring (bicyclic) bond motifs is 1. The lowest BCUT2D eigenvalue weighted by molar-refractivity contribution is 0.265. The van der Waals surface area contributed by atoms with E-state index in [1.807, 2.05) is 28.8 Å². The summed E-state index contributed by atoms with van der Waals surface area (Å²) in [5.41, 5.74) is 0.850. The Kier molecular flexibility index (Phi) is 7.63. The molecule has 0 saturated carbocycles. The average molecular weight is 471 g/mol. The molecule has 3 heterocycles. The second-order valence-electron chi connectivity index (χ2n) is 7.02. The molecule has 0 bridgehead atoms. The summed E-state index contributed by atoms with van der Waals surface area (Å²) in [5, 5.41) is 15.4. The first kappa shape index (κ1) is 20.9. The van der Waals surface area contributed by atoms with E-state index in [9.17, 15) is 0 Å². The number of pyridine rings is 1. The summed E-state index contributed by atoms with van der Waals surface area (Å²) < 4.78 is 1.98. The van der Waals surface area contributed by atoms with Crippen LogP contribution in [-0.2, 0) is 6.54 Å². The number of aliphatic imine (C=N–C) groups is 1. The van der Waals surface area contributed by atoms with Crippen LogP contribution in [0.3, 0.4) is 0 Å². The van der Waals surface area contributed by atoms with Crippen LogP contribution < -0.4 is 10.6 Å². The number of likely N-dealkylation sites (tertiary alicyclic amines) is 1. The quantitative estimate of drug-likeness (QED) is 0.398. The van der Waals surface area contributed by atoms with Gasteiger partial charge in [0, 0.05) is 37.9 Å². The van der Waals surface area contributed by atoms with Gasteiger partial charge in [-0.3, -0.25) is 9.30 Å². The zero-order valence-electron chi connectivity index (χ0n) is 16.0. The summed E-state index contributed by atoms with van der Waals surface area (Å²) in [6.45, 7) is 12.4. The number of guanidine groups is 1. The van der Waals surface area contributed by atoms with Crippen LogP contribution >= 0.6 is 24.0 Å². The number of rotatable bonds is 5. The molecule has 8 heteroatoms. The van der Waals surface area contributed by atoms with Crippen LogP contribution in [-0.4, -0.2) is 57.2 Å². The number of hydrogen-bond acceptors (Lipinski definition) is 4. The molecule has 0 spiro atoms. The molecule has 3 rings (SSSR count). The largest absolute Gasteiger partial charge is 0.357 e. The summed E-state index contributed by atoms with van der Waals surface area (Å²) in [5.74, 6) is 2.29. The maximum Gasteiger partial charge on any atom is 0.191 e. The van der Waals surface area contributed by atoms with E-state index in [0.29, 0.717) is 24.5 Å². The molecule has 1 aliphatic heterocycles. The van der Waals surface area contributed by atoms with Crippen molar-refractivity contribution in [3.63, 3.8) is 0 Å². The minimum Gasteiger partial charge on any atom is -0.357 e. The van der Waals surface area contributed by atoms with Gasteiger partial charge in [-0.15, -0.1) is 34.2 Å². The van der Waals surface area contributed by atoms with Crippen molar-refractivity contribution in [1.82, 2.24) is 30.1 Å². The Labute approximate surface area is 172 Å². The normalized spacial score (nSPS) is 21.2. The highest BCUT2D eigenvalue weighted by molar-refractivity contribution is 14.0. The third kappa shape index (κ3) is 4.85. The third-order valence-corrected chi connectivity index (χ3v) is 4.80. The van der Waals surface area contributed by atoms with Gasteiger partial charge in [-0.05, 0) is 38.8 Å². The van der Waals surface area contributed by atoms with Gasteiger partial charge < -0.3 is 10.6 Å². The molecular weight excluding hydrogens is 441 g/mol. The molecule has 1 aliphatic rings. The highest BCUT2D eigenvalue weighted by Crippen LogP contribution is 2.18. The fraction of sp³-hybridized carbons (Fsp3) is 0.611. The van der Waals surface area contributed by atoms with Crippen LogP contribution in [0.2, 0.25) is 0 Å². The molecule has 0 aromatic carbocycles. The van der Waals surface area contributed by atoms with E-state index in [2.05, 4.69) is 53.4 Å². The Morgan fingerprint density at radius 2 is 2.12 bits per heavy atom. The monoisotopic (exact) mass is 471 g/mol. The number of nitrogens with zero attached hydrogens (tertiary/aromatic N) is 5. The van der Waals surface area contributed by atoms with E-state index < -0.39 is 0 Å². The van der Waals surface area contributed by atoms with E-state index in [-0.39, 0.29) is 24.0 Å². The minimum absolute atomic E-state index is 0. The number of nitrogens with one attached hydrogen (secondary N) is 2. The van der Waals surface area contributed by atoms with Gasteiger partial charge in [-0.1, -0.05) is 13.0 Å². The first-order valence-electron chi connectivity index (χ1n) is 9.16. The lowest BCUT2D eigenvalue weighted by atomic mass is 10.1. The minimum atomic E-state index is 0. The molecule has 2 aromatic rings. The molecule has 2 atom stereocenters. The van der Waals surface area contributed by atoms with E-state index in [0.717, 1.165) is 37.1 Å². The molecule has 0 radical (unpaired) electrons. The van der Waals surface area contributed by atoms with E-state index >= 15 is 0 Å². The van der Waals surface area contributed by atoms with Gasteiger partial charge in [0.05, 0.1) is 0 Å².